The summed E-state index contributed by atoms with van der Waals surface area (Å²) in [5.41, 5.74) is 0. The van der Waals surface area contributed by atoms with E-state index in [2.05, 4.69) is 0 Å². The Morgan fingerprint density at radius 1 is 1.07 bits per heavy atom. The van der Waals surface area contributed by atoms with Crippen molar-refractivity contribution < 1.29 is 14.6 Å². The normalized spacial score (nSPS) is 10.0. The molecule has 0 aliphatic carbocycles. The average molecular weight is 210 g/mol. The molecule has 3 nitrogen and oxygen atoms in total. The molecule has 0 spiro atoms. The third-order valence-electron chi connectivity index (χ3n) is 2.13. The Morgan fingerprint density at radius 3 is 2.47 bits per heavy atom. The number of aliphatic hydroxyl groups is 1. The molecule has 0 aromatic heterocycles. The van der Waals surface area contributed by atoms with Crippen molar-refractivity contribution in [3.8, 4) is 11.5 Å². The van der Waals surface area contributed by atoms with Crippen LogP contribution >= 0.6 is 0 Å². The molecule has 0 unspecified atom stereocenters. The van der Waals surface area contributed by atoms with Gasteiger partial charge in [0, 0.05) is 6.61 Å². The number of unbranched alkanes of at least 4 members (excludes halogenated alkanes) is 2. The van der Waals surface area contributed by atoms with E-state index in [1.165, 1.54) is 0 Å². The summed E-state index contributed by atoms with van der Waals surface area (Å²) in [4.78, 5) is 0. The van der Waals surface area contributed by atoms with Crippen molar-refractivity contribution in [1.82, 2.24) is 0 Å². The van der Waals surface area contributed by atoms with Crippen LogP contribution < -0.4 is 9.47 Å². The summed E-state index contributed by atoms with van der Waals surface area (Å²) in [6, 6.07) is 7.61. The van der Waals surface area contributed by atoms with Gasteiger partial charge in [-0.3, -0.25) is 0 Å². The van der Waals surface area contributed by atoms with E-state index in [0.29, 0.717) is 6.61 Å². The summed E-state index contributed by atoms with van der Waals surface area (Å²) in [7, 11) is 1.63. The zero-order valence-electron chi connectivity index (χ0n) is 9.11. The van der Waals surface area contributed by atoms with Gasteiger partial charge in [0.15, 0.2) is 11.5 Å². The van der Waals surface area contributed by atoms with Gasteiger partial charge in [0.2, 0.25) is 0 Å². The highest BCUT2D eigenvalue weighted by atomic mass is 16.5. The summed E-state index contributed by atoms with van der Waals surface area (Å²) in [6.07, 6.45) is 2.79. The quantitative estimate of drug-likeness (QED) is 0.701. The van der Waals surface area contributed by atoms with Crippen LogP contribution in [0.15, 0.2) is 24.3 Å². The van der Waals surface area contributed by atoms with Crippen LogP contribution in [-0.4, -0.2) is 25.4 Å². The minimum atomic E-state index is 0.259. The standard InChI is InChI=1S/C12H18O3/c1-14-11-7-3-4-8-12(11)15-10-6-2-5-9-13/h3-4,7-8,13H,2,5-6,9-10H2,1H3. The summed E-state index contributed by atoms with van der Waals surface area (Å²) in [5, 5.41) is 8.60. The van der Waals surface area contributed by atoms with Crippen LogP contribution in [0.25, 0.3) is 0 Å². The van der Waals surface area contributed by atoms with Gasteiger partial charge < -0.3 is 14.6 Å². The highest BCUT2D eigenvalue weighted by Crippen LogP contribution is 2.25. The van der Waals surface area contributed by atoms with Crippen LogP contribution in [0.4, 0.5) is 0 Å². The van der Waals surface area contributed by atoms with Crippen LogP contribution in [0, 0.1) is 0 Å². The first kappa shape index (κ1) is 11.9. The topological polar surface area (TPSA) is 38.7 Å². The molecule has 1 rings (SSSR count). The molecule has 0 saturated carbocycles. The minimum absolute atomic E-state index is 0.259. The zero-order valence-corrected chi connectivity index (χ0v) is 9.11. The van der Waals surface area contributed by atoms with Crippen LogP contribution in [0.5, 0.6) is 11.5 Å². The van der Waals surface area contributed by atoms with Crippen LogP contribution in [0.1, 0.15) is 19.3 Å². The Kier molecular flexibility index (Phi) is 5.63. The van der Waals surface area contributed by atoms with Gasteiger partial charge in [-0.05, 0) is 31.4 Å². The molecule has 0 amide bonds. The molecule has 0 fully saturated rings. The van der Waals surface area contributed by atoms with E-state index in [4.69, 9.17) is 14.6 Å². The Hall–Kier alpha value is -1.22. The molecule has 0 bridgehead atoms. The molecular weight excluding hydrogens is 192 g/mol. The Balaban J connectivity index is 2.30. The molecule has 15 heavy (non-hydrogen) atoms. The van der Waals surface area contributed by atoms with Crippen molar-refractivity contribution in [2.45, 2.75) is 19.3 Å². The average Bonchev–Trinajstić information content (AvgIpc) is 2.29. The molecule has 0 atom stereocenters. The zero-order chi connectivity index (χ0) is 10.9. The molecule has 0 radical (unpaired) electrons. The van der Waals surface area contributed by atoms with Crippen molar-refractivity contribution in [2.75, 3.05) is 20.3 Å². The summed E-state index contributed by atoms with van der Waals surface area (Å²) >= 11 is 0. The van der Waals surface area contributed by atoms with Gasteiger partial charge in [0.1, 0.15) is 0 Å². The number of ether oxygens (including phenoxy) is 2. The Bertz CT molecular complexity index is 273. The lowest BCUT2D eigenvalue weighted by atomic mass is 10.2. The molecule has 1 N–H and O–H groups in total. The molecule has 0 heterocycles. The second-order valence-electron chi connectivity index (χ2n) is 3.28. The largest absolute Gasteiger partial charge is 0.493 e. The number of rotatable bonds is 7. The maximum atomic E-state index is 8.60. The number of aliphatic hydroxyl groups excluding tert-OH is 1. The van der Waals surface area contributed by atoms with Gasteiger partial charge in [-0.1, -0.05) is 12.1 Å². The van der Waals surface area contributed by atoms with E-state index in [1.807, 2.05) is 24.3 Å². The lowest BCUT2D eigenvalue weighted by Crippen LogP contribution is -1.99. The Labute approximate surface area is 90.6 Å². The molecule has 1 aromatic carbocycles. The monoisotopic (exact) mass is 210 g/mol. The van der Waals surface area contributed by atoms with Crippen molar-refractivity contribution in [1.29, 1.82) is 0 Å². The van der Waals surface area contributed by atoms with Crippen molar-refractivity contribution in [3.63, 3.8) is 0 Å². The van der Waals surface area contributed by atoms with Crippen molar-refractivity contribution in [2.24, 2.45) is 0 Å². The van der Waals surface area contributed by atoms with E-state index in [9.17, 15) is 0 Å². The first-order valence-corrected chi connectivity index (χ1v) is 5.25. The van der Waals surface area contributed by atoms with E-state index in [0.717, 1.165) is 30.8 Å². The summed E-state index contributed by atoms with van der Waals surface area (Å²) in [5.74, 6) is 1.55. The molecule has 0 aliphatic heterocycles. The molecule has 84 valence electrons. The van der Waals surface area contributed by atoms with Crippen LogP contribution in [0.2, 0.25) is 0 Å². The fraction of sp³-hybridized carbons (Fsp3) is 0.500. The maximum absolute atomic E-state index is 8.60. The third-order valence-corrected chi connectivity index (χ3v) is 2.13. The number of benzene rings is 1. The first-order chi connectivity index (χ1) is 7.38. The maximum Gasteiger partial charge on any atom is 0.161 e. The van der Waals surface area contributed by atoms with Gasteiger partial charge >= 0.3 is 0 Å². The minimum Gasteiger partial charge on any atom is -0.493 e. The lowest BCUT2D eigenvalue weighted by molar-refractivity contribution is 0.260. The van der Waals surface area contributed by atoms with E-state index in [1.54, 1.807) is 7.11 Å². The van der Waals surface area contributed by atoms with Gasteiger partial charge in [0.25, 0.3) is 0 Å². The molecule has 3 heteroatoms. The van der Waals surface area contributed by atoms with Crippen LogP contribution in [-0.2, 0) is 0 Å². The van der Waals surface area contributed by atoms with Gasteiger partial charge in [0.05, 0.1) is 13.7 Å². The van der Waals surface area contributed by atoms with E-state index < -0.39 is 0 Å². The molecule has 0 saturated heterocycles. The second kappa shape index (κ2) is 7.12. The molecule has 1 aromatic rings. The number of para-hydroxylation sites is 2. The predicted molar refractivity (Wildman–Crippen MR) is 59.4 cm³/mol. The van der Waals surface area contributed by atoms with Crippen molar-refractivity contribution in [3.05, 3.63) is 24.3 Å². The van der Waals surface area contributed by atoms with Gasteiger partial charge in [-0.2, -0.15) is 0 Å². The van der Waals surface area contributed by atoms with Gasteiger partial charge in [-0.15, -0.1) is 0 Å². The number of methoxy groups -OCH3 is 1. The van der Waals surface area contributed by atoms with E-state index >= 15 is 0 Å². The van der Waals surface area contributed by atoms with Crippen LogP contribution in [0.3, 0.4) is 0 Å². The number of hydrogen-bond acceptors (Lipinski definition) is 3. The smallest absolute Gasteiger partial charge is 0.161 e. The summed E-state index contributed by atoms with van der Waals surface area (Å²) < 4.78 is 10.7. The fourth-order valence-corrected chi connectivity index (χ4v) is 1.31. The van der Waals surface area contributed by atoms with Gasteiger partial charge in [-0.25, -0.2) is 0 Å². The third kappa shape index (κ3) is 4.21. The van der Waals surface area contributed by atoms with E-state index in [-0.39, 0.29) is 6.61 Å². The Morgan fingerprint density at radius 2 is 1.80 bits per heavy atom. The highest BCUT2D eigenvalue weighted by Gasteiger charge is 2.01. The first-order valence-electron chi connectivity index (χ1n) is 5.25. The second-order valence-corrected chi connectivity index (χ2v) is 3.28. The highest BCUT2D eigenvalue weighted by molar-refractivity contribution is 5.39. The lowest BCUT2D eigenvalue weighted by Gasteiger charge is -2.09. The summed E-state index contributed by atoms with van der Waals surface area (Å²) in [6.45, 7) is 0.926. The SMILES string of the molecule is COc1ccccc1OCCCCCO. The molecule has 0 aliphatic rings. The van der Waals surface area contributed by atoms with Crippen molar-refractivity contribution >= 4 is 0 Å². The predicted octanol–water partition coefficient (Wildman–Crippen LogP) is 2.24. The molecular formula is C12H18O3. The fourth-order valence-electron chi connectivity index (χ4n) is 1.31. The number of hydrogen-bond donors (Lipinski definition) is 1.